The molecule has 1 aliphatic rings. The minimum atomic E-state index is -0.312. The average Bonchev–Trinajstić information content (AvgIpc) is 2.83. The average molecular weight is 264 g/mol. The largest absolute Gasteiger partial charge is 0.498 e. The molecule has 5 heteroatoms. The fourth-order valence-corrected chi connectivity index (χ4v) is 2.24. The molecule has 1 aromatic heterocycles. The Hall–Kier alpha value is -0.805. The normalized spacial score (nSPS) is 22.7. The molecule has 0 aliphatic carbocycles. The minimum Gasteiger partial charge on any atom is -0.399 e. The summed E-state index contributed by atoms with van der Waals surface area (Å²) in [4.78, 5) is 0. The monoisotopic (exact) mass is 264 g/mol. The van der Waals surface area contributed by atoms with E-state index in [0.29, 0.717) is 6.04 Å². The van der Waals surface area contributed by atoms with Gasteiger partial charge in [0.2, 0.25) is 0 Å². The Labute approximate surface area is 116 Å². The summed E-state index contributed by atoms with van der Waals surface area (Å²) < 4.78 is 14.1. The van der Waals surface area contributed by atoms with E-state index < -0.39 is 0 Å². The van der Waals surface area contributed by atoms with E-state index in [-0.39, 0.29) is 18.3 Å². The van der Waals surface area contributed by atoms with Gasteiger partial charge in [-0.1, -0.05) is 13.3 Å². The van der Waals surface area contributed by atoms with Crippen LogP contribution in [-0.4, -0.2) is 28.1 Å². The number of hydrogen-bond acceptors (Lipinski definition) is 3. The van der Waals surface area contributed by atoms with Crippen LogP contribution in [0.1, 0.15) is 60.4 Å². The molecule has 1 aliphatic heterocycles. The molecule has 2 rings (SSSR count). The predicted molar refractivity (Wildman–Crippen MR) is 77.6 cm³/mol. The lowest BCUT2D eigenvalue weighted by Crippen LogP contribution is -2.41. The Morgan fingerprint density at radius 1 is 1.26 bits per heavy atom. The van der Waals surface area contributed by atoms with Crippen molar-refractivity contribution in [3.8, 4) is 0 Å². The Balaban J connectivity index is 2.13. The van der Waals surface area contributed by atoms with Gasteiger partial charge in [-0.05, 0) is 41.0 Å². The molecule has 0 spiro atoms. The third-order valence-corrected chi connectivity index (χ3v) is 4.30. The molecular formula is C14H25BN2O2. The summed E-state index contributed by atoms with van der Waals surface area (Å²) in [5, 5.41) is 4.43. The maximum absolute atomic E-state index is 6.03. The van der Waals surface area contributed by atoms with E-state index in [9.17, 15) is 0 Å². The van der Waals surface area contributed by atoms with Crippen molar-refractivity contribution in [1.29, 1.82) is 0 Å². The van der Waals surface area contributed by atoms with Crippen LogP contribution in [0.5, 0.6) is 0 Å². The van der Waals surface area contributed by atoms with Crippen molar-refractivity contribution >= 4 is 12.6 Å². The number of nitrogens with zero attached hydrogens (tertiary/aromatic N) is 2. The summed E-state index contributed by atoms with van der Waals surface area (Å²) in [6, 6.07) is 0.418. The zero-order valence-corrected chi connectivity index (χ0v) is 12.9. The maximum atomic E-state index is 6.03. The molecule has 19 heavy (non-hydrogen) atoms. The van der Waals surface area contributed by atoms with Gasteiger partial charge in [0.05, 0.1) is 11.2 Å². The highest BCUT2D eigenvalue weighted by molar-refractivity contribution is 6.61. The van der Waals surface area contributed by atoms with Gasteiger partial charge >= 0.3 is 7.12 Å². The molecular weight excluding hydrogens is 239 g/mol. The van der Waals surface area contributed by atoms with E-state index in [2.05, 4.69) is 46.6 Å². The van der Waals surface area contributed by atoms with Crippen LogP contribution in [-0.2, 0) is 9.31 Å². The molecule has 1 unspecified atom stereocenters. The van der Waals surface area contributed by atoms with Crippen molar-refractivity contribution in [3.63, 3.8) is 0 Å². The van der Waals surface area contributed by atoms with E-state index in [1.165, 1.54) is 0 Å². The van der Waals surface area contributed by atoms with Crippen LogP contribution in [0.25, 0.3) is 0 Å². The van der Waals surface area contributed by atoms with Gasteiger partial charge < -0.3 is 9.31 Å². The molecule has 1 atom stereocenters. The zero-order valence-electron chi connectivity index (χ0n) is 12.9. The van der Waals surface area contributed by atoms with Crippen LogP contribution in [0.3, 0.4) is 0 Å². The Kier molecular flexibility index (Phi) is 3.80. The minimum absolute atomic E-state index is 0.297. The zero-order chi connectivity index (χ0) is 14.3. The molecule has 1 saturated heterocycles. The van der Waals surface area contributed by atoms with Gasteiger partial charge in [0.15, 0.2) is 0 Å². The molecule has 0 saturated carbocycles. The van der Waals surface area contributed by atoms with Crippen LogP contribution in [0.15, 0.2) is 12.4 Å². The van der Waals surface area contributed by atoms with Crippen molar-refractivity contribution in [3.05, 3.63) is 12.4 Å². The second-order valence-electron chi connectivity index (χ2n) is 6.48. The first-order valence-electron chi connectivity index (χ1n) is 7.16. The molecule has 0 radical (unpaired) electrons. The third kappa shape index (κ3) is 2.72. The maximum Gasteiger partial charge on any atom is 0.498 e. The topological polar surface area (TPSA) is 36.3 Å². The molecule has 1 fully saturated rings. The highest BCUT2D eigenvalue weighted by Gasteiger charge is 2.52. The fourth-order valence-electron chi connectivity index (χ4n) is 2.24. The third-order valence-electron chi connectivity index (χ3n) is 4.30. The van der Waals surface area contributed by atoms with Gasteiger partial charge in [0.25, 0.3) is 0 Å². The van der Waals surface area contributed by atoms with Gasteiger partial charge in [-0.25, -0.2) is 0 Å². The van der Waals surface area contributed by atoms with Gasteiger partial charge in [0, 0.05) is 23.9 Å². The lowest BCUT2D eigenvalue weighted by molar-refractivity contribution is 0.00578. The van der Waals surface area contributed by atoms with E-state index in [1.54, 1.807) is 0 Å². The van der Waals surface area contributed by atoms with Crippen molar-refractivity contribution in [2.45, 2.75) is 71.6 Å². The molecule has 0 amide bonds. The predicted octanol–water partition coefficient (Wildman–Crippen LogP) is 2.54. The van der Waals surface area contributed by atoms with Gasteiger partial charge in [-0.3, -0.25) is 4.68 Å². The lowest BCUT2D eigenvalue weighted by Gasteiger charge is -2.32. The summed E-state index contributed by atoms with van der Waals surface area (Å²) >= 11 is 0. The van der Waals surface area contributed by atoms with Crippen LogP contribution in [0.2, 0.25) is 0 Å². The first kappa shape index (κ1) is 14.6. The highest BCUT2D eigenvalue weighted by Crippen LogP contribution is 2.36. The van der Waals surface area contributed by atoms with Gasteiger partial charge in [-0.15, -0.1) is 0 Å². The highest BCUT2D eigenvalue weighted by atomic mass is 16.7. The van der Waals surface area contributed by atoms with Crippen molar-refractivity contribution < 1.29 is 9.31 Å². The number of aromatic nitrogens is 2. The van der Waals surface area contributed by atoms with Gasteiger partial charge in [0.1, 0.15) is 0 Å². The number of hydrogen-bond donors (Lipinski definition) is 0. The first-order chi connectivity index (χ1) is 8.77. The van der Waals surface area contributed by atoms with E-state index in [0.717, 1.165) is 18.3 Å². The lowest BCUT2D eigenvalue weighted by atomic mass is 9.82. The molecule has 0 aromatic carbocycles. The van der Waals surface area contributed by atoms with Crippen LogP contribution >= 0.6 is 0 Å². The summed E-state index contributed by atoms with van der Waals surface area (Å²) in [5.41, 5.74) is 0.408. The SMILES string of the molecule is CCCC(C)n1cc(B2OC(C)(C)C(C)(C)O2)cn1. The second kappa shape index (κ2) is 4.95. The van der Waals surface area contributed by atoms with Crippen molar-refractivity contribution in [2.24, 2.45) is 0 Å². The molecule has 1 aromatic rings. The first-order valence-corrected chi connectivity index (χ1v) is 7.16. The van der Waals surface area contributed by atoms with Crippen molar-refractivity contribution in [1.82, 2.24) is 9.78 Å². The summed E-state index contributed by atoms with van der Waals surface area (Å²) in [5.74, 6) is 0. The Morgan fingerprint density at radius 3 is 2.37 bits per heavy atom. The summed E-state index contributed by atoms with van der Waals surface area (Å²) in [6.07, 6.45) is 6.19. The molecule has 0 N–H and O–H groups in total. The van der Waals surface area contributed by atoms with Crippen LogP contribution in [0, 0.1) is 0 Å². The Bertz CT molecular complexity index is 426. The molecule has 4 nitrogen and oxygen atoms in total. The van der Waals surface area contributed by atoms with Crippen LogP contribution < -0.4 is 5.46 Å². The smallest absolute Gasteiger partial charge is 0.399 e. The molecule has 2 heterocycles. The van der Waals surface area contributed by atoms with Gasteiger partial charge in [-0.2, -0.15) is 5.10 Å². The molecule has 106 valence electrons. The molecule has 0 bridgehead atoms. The summed E-state index contributed by atoms with van der Waals surface area (Å²) in [7, 11) is -0.312. The Morgan fingerprint density at radius 2 is 1.84 bits per heavy atom. The number of rotatable bonds is 4. The van der Waals surface area contributed by atoms with E-state index in [4.69, 9.17) is 9.31 Å². The second-order valence-corrected chi connectivity index (χ2v) is 6.48. The quantitative estimate of drug-likeness (QED) is 0.784. The van der Waals surface area contributed by atoms with Crippen molar-refractivity contribution in [2.75, 3.05) is 0 Å². The standard InChI is InChI=1S/C14H25BN2O2/c1-7-8-11(2)17-10-12(9-16-17)15-18-13(3,4)14(5,6)19-15/h9-11H,7-8H2,1-6H3. The van der Waals surface area contributed by atoms with E-state index >= 15 is 0 Å². The van der Waals surface area contributed by atoms with Crippen LogP contribution in [0.4, 0.5) is 0 Å². The fraction of sp³-hybridized carbons (Fsp3) is 0.786. The van der Waals surface area contributed by atoms with E-state index in [1.807, 2.05) is 17.1 Å². The summed E-state index contributed by atoms with van der Waals surface area (Å²) in [6.45, 7) is 12.6.